The molecule has 2 N–H and O–H groups in total. The molecule has 5 rings (SSSR count). The van der Waals surface area contributed by atoms with Gasteiger partial charge in [0.05, 0.1) is 17.2 Å². The number of anilines is 2. The first-order valence-electron chi connectivity index (χ1n) is 10.6. The summed E-state index contributed by atoms with van der Waals surface area (Å²) in [6.45, 7) is 0. The number of nitrogens with one attached hydrogen (secondary N) is 2. The average Bonchev–Trinajstić information content (AvgIpc) is 3.15. The van der Waals surface area contributed by atoms with E-state index in [2.05, 4.69) is 15.3 Å². The van der Waals surface area contributed by atoms with Crippen LogP contribution in [0.3, 0.4) is 0 Å². The number of ether oxygens (including phenoxy) is 1. The molecule has 34 heavy (non-hydrogen) atoms. The van der Waals surface area contributed by atoms with Gasteiger partial charge in [-0.3, -0.25) is 0 Å². The van der Waals surface area contributed by atoms with Crippen molar-refractivity contribution in [1.82, 2.24) is 9.97 Å². The van der Waals surface area contributed by atoms with E-state index in [1.807, 2.05) is 6.07 Å². The Morgan fingerprint density at radius 3 is 2.53 bits per heavy atom. The van der Waals surface area contributed by atoms with E-state index < -0.39 is 11.7 Å². The number of pyridine rings is 1. The van der Waals surface area contributed by atoms with Crippen molar-refractivity contribution in [1.29, 1.82) is 5.26 Å². The maximum absolute atomic E-state index is 13.7. The summed E-state index contributed by atoms with van der Waals surface area (Å²) in [5.41, 5.74) is 1.64. The smallest absolute Gasteiger partial charge is 0.416 e. The molecule has 1 aliphatic carbocycles. The lowest BCUT2D eigenvalue weighted by Crippen LogP contribution is -2.32. The van der Waals surface area contributed by atoms with Crippen molar-refractivity contribution in [2.75, 3.05) is 5.32 Å². The second-order valence-corrected chi connectivity index (χ2v) is 8.24. The maximum atomic E-state index is 13.7. The summed E-state index contributed by atoms with van der Waals surface area (Å²) in [7, 11) is 0. The van der Waals surface area contributed by atoms with Crippen LogP contribution < -0.4 is 10.1 Å². The summed E-state index contributed by atoms with van der Waals surface area (Å²) in [6, 6.07) is 15.5. The molecule has 0 amide bonds. The fourth-order valence-corrected chi connectivity index (χ4v) is 4.08. The van der Waals surface area contributed by atoms with Gasteiger partial charge in [-0.1, -0.05) is 12.1 Å². The molecule has 4 aromatic rings. The molecule has 1 saturated carbocycles. The molecule has 0 unspecified atom stereocenters. The number of hydrogen-bond acceptors (Lipinski definition) is 4. The van der Waals surface area contributed by atoms with Crippen LogP contribution in [-0.2, 0) is 6.18 Å². The van der Waals surface area contributed by atoms with Crippen molar-refractivity contribution < 1.29 is 22.3 Å². The van der Waals surface area contributed by atoms with Gasteiger partial charge in [0, 0.05) is 29.4 Å². The third-order valence-corrected chi connectivity index (χ3v) is 5.92. The van der Waals surface area contributed by atoms with Crippen molar-refractivity contribution in [2.24, 2.45) is 0 Å². The van der Waals surface area contributed by atoms with Gasteiger partial charge in [-0.15, -0.1) is 0 Å². The van der Waals surface area contributed by atoms with Crippen LogP contribution >= 0.6 is 0 Å². The Morgan fingerprint density at radius 2 is 1.82 bits per heavy atom. The third kappa shape index (κ3) is 4.39. The van der Waals surface area contributed by atoms with Crippen molar-refractivity contribution in [3.8, 4) is 11.8 Å². The Kier molecular flexibility index (Phi) is 5.36. The molecule has 0 saturated heterocycles. The Morgan fingerprint density at radius 1 is 1.06 bits per heavy atom. The summed E-state index contributed by atoms with van der Waals surface area (Å²) in [6.07, 6.45) is -1.86. The molecular weight excluding hydrogens is 448 g/mol. The molecule has 1 aliphatic rings. The number of nitrogens with zero attached hydrogens (tertiary/aromatic N) is 2. The predicted molar refractivity (Wildman–Crippen MR) is 118 cm³/mol. The van der Waals surface area contributed by atoms with E-state index >= 15 is 0 Å². The molecule has 9 heteroatoms. The van der Waals surface area contributed by atoms with Crippen molar-refractivity contribution in [3.63, 3.8) is 0 Å². The molecule has 5 nitrogen and oxygen atoms in total. The molecule has 1 fully saturated rings. The summed E-state index contributed by atoms with van der Waals surface area (Å²) in [4.78, 5) is 7.09. The van der Waals surface area contributed by atoms with Crippen LogP contribution in [0.1, 0.15) is 35.6 Å². The molecule has 0 atom stereocenters. The maximum Gasteiger partial charge on any atom is 0.416 e. The Balaban J connectivity index is 1.25. The Bertz CT molecular complexity index is 1380. The van der Waals surface area contributed by atoms with Crippen LogP contribution in [0, 0.1) is 17.1 Å². The number of hydrogen-bond donors (Lipinski definition) is 2. The van der Waals surface area contributed by atoms with E-state index in [-0.39, 0.29) is 23.5 Å². The molecular formula is C25H18F4N4O. The van der Waals surface area contributed by atoms with Crippen LogP contribution in [0.4, 0.5) is 29.1 Å². The fourth-order valence-electron chi connectivity index (χ4n) is 4.08. The second-order valence-electron chi connectivity index (χ2n) is 8.24. The molecule has 0 radical (unpaired) electrons. The number of rotatable bonds is 5. The van der Waals surface area contributed by atoms with Gasteiger partial charge in [-0.25, -0.2) is 9.37 Å². The highest BCUT2D eigenvalue weighted by molar-refractivity contribution is 5.84. The highest BCUT2D eigenvalue weighted by Crippen LogP contribution is 2.40. The second kappa shape index (κ2) is 8.37. The number of benzene rings is 2. The molecule has 0 spiro atoms. The lowest BCUT2D eigenvalue weighted by atomic mass is 9.77. The monoisotopic (exact) mass is 466 g/mol. The first-order valence-corrected chi connectivity index (χ1v) is 10.6. The highest BCUT2D eigenvalue weighted by Gasteiger charge is 2.34. The van der Waals surface area contributed by atoms with Crippen molar-refractivity contribution in [2.45, 2.75) is 31.0 Å². The van der Waals surface area contributed by atoms with E-state index in [4.69, 9.17) is 4.74 Å². The van der Waals surface area contributed by atoms with E-state index in [1.54, 1.807) is 30.3 Å². The van der Waals surface area contributed by atoms with Crippen molar-refractivity contribution in [3.05, 3.63) is 83.4 Å². The number of alkyl halides is 3. The quantitative estimate of drug-likeness (QED) is 0.323. The minimum atomic E-state index is -4.35. The van der Waals surface area contributed by atoms with Gasteiger partial charge in [0.25, 0.3) is 0 Å². The van der Waals surface area contributed by atoms with E-state index in [0.717, 1.165) is 17.7 Å². The minimum Gasteiger partial charge on any atom is -0.490 e. The van der Waals surface area contributed by atoms with Gasteiger partial charge >= 0.3 is 6.18 Å². The molecule has 2 aromatic heterocycles. The normalized spacial score (nSPS) is 17.7. The average molecular weight is 466 g/mol. The minimum absolute atomic E-state index is 0.118. The number of halogens is 4. The largest absolute Gasteiger partial charge is 0.490 e. The number of nitriles is 1. The molecule has 0 bridgehead atoms. The van der Waals surface area contributed by atoms with Crippen LogP contribution in [0.2, 0.25) is 0 Å². The first kappa shape index (κ1) is 21.8. The number of aromatic amines is 1. The van der Waals surface area contributed by atoms with Gasteiger partial charge in [0.2, 0.25) is 0 Å². The van der Waals surface area contributed by atoms with E-state index in [1.165, 1.54) is 18.3 Å². The number of fused-ring (bicyclic) bond motifs is 1. The van der Waals surface area contributed by atoms with E-state index in [9.17, 15) is 22.8 Å². The van der Waals surface area contributed by atoms with Crippen LogP contribution in [0.25, 0.3) is 10.9 Å². The lowest BCUT2D eigenvalue weighted by molar-refractivity contribution is -0.137. The van der Waals surface area contributed by atoms with Gasteiger partial charge in [-0.2, -0.15) is 18.4 Å². The zero-order valence-corrected chi connectivity index (χ0v) is 17.7. The molecule has 2 aromatic carbocycles. The third-order valence-electron chi connectivity index (χ3n) is 5.92. The van der Waals surface area contributed by atoms with Crippen LogP contribution in [-0.4, -0.2) is 16.1 Å². The molecule has 0 aliphatic heterocycles. The van der Waals surface area contributed by atoms with Gasteiger partial charge in [0.15, 0.2) is 0 Å². The standard InChI is InChI=1S/C25H18F4N4O/c26-22-13-31-23-10-17(5-6-21(22)23)32-24-11-20(9-18(12-30)33-24)34-19-7-15(8-19)14-1-3-16(4-2-14)25(27,28)29/h1-6,9-11,13,15,19,31H,7-8H2,(H,32,33)/t15-,19+. The summed E-state index contributed by atoms with van der Waals surface area (Å²) in [5.74, 6) is 0.656. The number of H-pyrrole nitrogens is 1. The topological polar surface area (TPSA) is 73.7 Å². The first-order chi connectivity index (χ1) is 16.3. The van der Waals surface area contributed by atoms with Crippen molar-refractivity contribution >= 4 is 22.4 Å². The zero-order valence-electron chi connectivity index (χ0n) is 17.7. The fraction of sp³-hybridized carbons (Fsp3) is 0.200. The van der Waals surface area contributed by atoms with Crippen LogP contribution in [0.5, 0.6) is 5.75 Å². The SMILES string of the molecule is N#Cc1cc(O[C@H]2C[C@@H](c3ccc(C(F)(F)F)cc3)C2)cc(Nc2ccc3c(F)c[nH]c3c2)n1. The molecule has 2 heterocycles. The summed E-state index contributed by atoms with van der Waals surface area (Å²) >= 11 is 0. The Hall–Kier alpha value is -4.06. The van der Waals surface area contributed by atoms with Gasteiger partial charge in [-0.05, 0) is 54.7 Å². The van der Waals surface area contributed by atoms with Gasteiger partial charge < -0.3 is 15.0 Å². The predicted octanol–water partition coefficient (Wildman–Crippen LogP) is 6.66. The lowest BCUT2D eigenvalue weighted by Gasteiger charge is -2.36. The number of aromatic nitrogens is 2. The van der Waals surface area contributed by atoms with Crippen LogP contribution in [0.15, 0.2) is 60.8 Å². The summed E-state index contributed by atoms with van der Waals surface area (Å²) < 4.78 is 57.9. The van der Waals surface area contributed by atoms with E-state index in [0.29, 0.717) is 41.0 Å². The Labute approximate surface area is 192 Å². The molecule has 172 valence electrons. The zero-order chi connectivity index (χ0) is 23.9. The summed E-state index contributed by atoms with van der Waals surface area (Å²) in [5, 5.41) is 12.9. The van der Waals surface area contributed by atoms with Gasteiger partial charge in [0.1, 0.15) is 29.1 Å². The highest BCUT2D eigenvalue weighted by atomic mass is 19.4.